The Hall–Kier alpha value is -4.87. The molecular weight excluding hydrogens is 918 g/mol. The van der Waals surface area contributed by atoms with Gasteiger partial charge in [-0.15, -0.1) is 5.10 Å². The number of halogens is 1. The summed E-state index contributed by atoms with van der Waals surface area (Å²) in [6.45, 7) is 3.80. The predicted molar refractivity (Wildman–Crippen MR) is 226 cm³/mol. The number of carbonyl (C=O) groups is 1. The molecule has 0 saturated carbocycles. The normalized spacial score (nSPS) is 12.6. The average molecular weight is 964 g/mol. The molecule has 59 heavy (non-hydrogen) atoms. The Morgan fingerprint density at radius 1 is 0.797 bits per heavy atom. The zero-order chi connectivity index (χ0) is 43.0. The molecule has 0 spiro atoms. The number of sulfonamides is 2. The topological polar surface area (TPSA) is 213 Å². The van der Waals surface area contributed by atoms with Gasteiger partial charge in [0.25, 0.3) is 0 Å². The van der Waals surface area contributed by atoms with Crippen molar-refractivity contribution in [1.29, 1.82) is 0 Å². The van der Waals surface area contributed by atoms with Gasteiger partial charge in [-0.2, -0.15) is 4.31 Å². The number of rotatable bonds is 18. The Morgan fingerprint density at radius 3 is 1.80 bits per heavy atom. The van der Waals surface area contributed by atoms with Crippen LogP contribution in [0.1, 0.15) is 37.5 Å². The van der Waals surface area contributed by atoms with Crippen molar-refractivity contribution in [1.82, 2.24) is 34.6 Å². The van der Waals surface area contributed by atoms with Crippen molar-refractivity contribution in [3.63, 3.8) is 0 Å². The second kappa shape index (κ2) is 19.5. The summed E-state index contributed by atoms with van der Waals surface area (Å²) in [7, 11) is -4.97. The molecule has 0 aliphatic rings. The Labute approximate surface area is 357 Å². The smallest absolute Gasteiger partial charge is 0.407 e. The highest BCUT2D eigenvalue weighted by Gasteiger charge is 2.38. The lowest BCUT2D eigenvalue weighted by molar-refractivity contribution is 0.0494. The molecule has 5 rings (SSSR count). The van der Waals surface area contributed by atoms with Crippen LogP contribution in [0.4, 0.5) is 4.79 Å². The van der Waals surface area contributed by atoms with Gasteiger partial charge in [-0.05, 0) is 119 Å². The molecule has 0 aliphatic heterocycles. The average Bonchev–Trinajstić information content (AvgIpc) is 3.66. The maximum atomic E-state index is 15.5. The SMILES string of the molecule is COc1ccc(CN(Cc2ccc(OC)cc2)S(=O)(=O)c2c(S(=O)(=O)NC[C@H](O)CNC(=O)OC(C)(C)C)ccc(I)c2-c2nnnn2Cc2ccc(OC)cc2)cc1. The van der Waals surface area contributed by atoms with Crippen LogP contribution in [0.25, 0.3) is 11.4 Å². The molecule has 0 saturated heterocycles. The molecule has 1 amide bonds. The largest absolute Gasteiger partial charge is 0.497 e. The van der Waals surface area contributed by atoms with E-state index in [2.05, 4.69) is 25.6 Å². The van der Waals surface area contributed by atoms with Gasteiger partial charge in [-0.3, -0.25) is 0 Å². The maximum absolute atomic E-state index is 15.5. The summed E-state index contributed by atoms with van der Waals surface area (Å²) < 4.78 is 86.0. The van der Waals surface area contributed by atoms with Crippen LogP contribution in [0.2, 0.25) is 0 Å². The van der Waals surface area contributed by atoms with Crippen LogP contribution in [0.3, 0.4) is 0 Å². The number of aromatic nitrogens is 4. The molecule has 0 unspecified atom stereocenters. The molecule has 0 fully saturated rings. The highest BCUT2D eigenvalue weighted by atomic mass is 127. The number of hydrogen-bond acceptors (Lipinski definition) is 13. The van der Waals surface area contributed by atoms with Gasteiger partial charge in [0.05, 0.1) is 39.5 Å². The van der Waals surface area contributed by atoms with E-state index < -0.39 is 54.2 Å². The van der Waals surface area contributed by atoms with Crippen LogP contribution in [0.5, 0.6) is 17.2 Å². The van der Waals surface area contributed by atoms with Gasteiger partial charge in [-0.1, -0.05) is 36.4 Å². The number of aliphatic hydroxyl groups excluding tert-OH is 1. The third kappa shape index (κ3) is 11.9. The number of carbonyl (C=O) groups excluding carboxylic acids is 1. The minimum Gasteiger partial charge on any atom is -0.497 e. The lowest BCUT2D eigenvalue weighted by Gasteiger charge is -2.26. The number of nitrogens with one attached hydrogen (secondary N) is 2. The van der Waals surface area contributed by atoms with E-state index in [0.29, 0.717) is 31.9 Å². The molecule has 17 nitrogen and oxygen atoms in total. The quantitative estimate of drug-likeness (QED) is 0.103. The van der Waals surface area contributed by atoms with Crippen molar-refractivity contribution >= 4 is 48.7 Å². The van der Waals surface area contributed by atoms with Crippen LogP contribution in [-0.2, 0) is 44.4 Å². The third-order valence-electron chi connectivity index (χ3n) is 8.63. The summed E-state index contributed by atoms with van der Waals surface area (Å²) in [5.41, 5.74) is 1.06. The highest BCUT2D eigenvalue weighted by Crippen LogP contribution is 2.38. The molecule has 4 aromatic carbocycles. The molecule has 1 heterocycles. The van der Waals surface area contributed by atoms with Crippen molar-refractivity contribution < 1.29 is 45.7 Å². The van der Waals surface area contributed by atoms with Gasteiger partial charge in [0.1, 0.15) is 32.6 Å². The molecule has 1 aromatic heterocycles. The maximum Gasteiger partial charge on any atom is 0.407 e. The summed E-state index contributed by atoms with van der Waals surface area (Å²) in [6, 6.07) is 23.4. The number of benzene rings is 4. The van der Waals surface area contributed by atoms with E-state index in [1.807, 2.05) is 22.6 Å². The first-order valence-corrected chi connectivity index (χ1v) is 22.1. The molecule has 0 bridgehead atoms. The molecule has 5 aromatic rings. The Morgan fingerprint density at radius 2 is 1.31 bits per heavy atom. The van der Waals surface area contributed by atoms with Crippen LogP contribution >= 0.6 is 22.6 Å². The monoisotopic (exact) mass is 963 g/mol. The molecule has 0 radical (unpaired) electrons. The minimum atomic E-state index is -4.81. The molecule has 20 heteroatoms. The van der Waals surface area contributed by atoms with Gasteiger partial charge >= 0.3 is 6.09 Å². The fraction of sp³-hybridized carbons (Fsp3) is 0.333. The molecular formula is C39H46IN7O10S2. The van der Waals surface area contributed by atoms with E-state index in [1.165, 1.54) is 35.3 Å². The first-order valence-electron chi connectivity index (χ1n) is 18.1. The lowest BCUT2D eigenvalue weighted by Crippen LogP contribution is -2.42. The Balaban J connectivity index is 1.64. The minimum absolute atomic E-state index is 0.0173. The third-order valence-corrected chi connectivity index (χ3v) is 13.0. The van der Waals surface area contributed by atoms with E-state index >= 15 is 8.42 Å². The summed E-state index contributed by atoms with van der Waals surface area (Å²) in [4.78, 5) is 11.0. The van der Waals surface area contributed by atoms with Crippen LogP contribution in [-0.4, -0.2) is 98.7 Å². The first-order chi connectivity index (χ1) is 27.9. The van der Waals surface area contributed by atoms with Crippen molar-refractivity contribution in [2.75, 3.05) is 34.4 Å². The first kappa shape index (κ1) is 45.2. The number of methoxy groups -OCH3 is 3. The fourth-order valence-corrected chi connectivity index (χ4v) is 10.1. The van der Waals surface area contributed by atoms with Gasteiger partial charge < -0.3 is 29.4 Å². The van der Waals surface area contributed by atoms with Crippen LogP contribution in [0, 0.1) is 3.57 Å². The van der Waals surface area contributed by atoms with Crippen LogP contribution < -0.4 is 24.2 Å². The van der Waals surface area contributed by atoms with Crippen LogP contribution in [0.15, 0.2) is 94.7 Å². The zero-order valence-electron chi connectivity index (χ0n) is 33.2. The molecule has 1 atom stereocenters. The summed E-state index contributed by atoms with van der Waals surface area (Å²) in [6.07, 6.45) is -2.23. The van der Waals surface area contributed by atoms with E-state index in [-0.39, 0.29) is 37.6 Å². The number of ether oxygens (including phenoxy) is 4. The van der Waals surface area contributed by atoms with Gasteiger partial charge in [0, 0.05) is 29.7 Å². The summed E-state index contributed by atoms with van der Waals surface area (Å²) in [5, 5.41) is 25.4. The van der Waals surface area contributed by atoms with E-state index in [1.54, 1.807) is 101 Å². The van der Waals surface area contributed by atoms with Crippen molar-refractivity contribution in [3.8, 4) is 28.6 Å². The Kier molecular flexibility index (Phi) is 14.9. The Bertz CT molecular complexity index is 2380. The number of amides is 1. The fourth-order valence-electron chi connectivity index (χ4n) is 5.70. The summed E-state index contributed by atoms with van der Waals surface area (Å²) in [5.74, 6) is 1.73. The van der Waals surface area contributed by atoms with Crippen molar-refractivity contribution in [2.24, 2.45) is 0 Å². The second-order valence-corrected chi connectivity index (χ2v) is 18.9. The van der Waals surface area contributed by atoms with Gasteiger partial charge in [-0.25, -0.2) is 31.0 Å². The van der Waals surface area contributed by atoms with E-state index in [4.69, 9.17) is 18.9 Å². The number of aliphatic hydroxyl groups is 1. The highest BCUT2D eigenvalue weighted by molar-refractivity contribution is 14.1. The lowest BCUT2D eigenvalue weighted by atomic mass is 10.2. The van der Waals surface area contributed by atoms with Gasteiger partial charge in [0.15, 0.2) is 5.82 Å². The molecule has 3 N–H and O–H groups in total. The summed E-state index contributed by atoms with van der Waals surface area (Å²) >= 11 is 1.93. The standard InChI is InChI=1S/C39H46IN7O10S2/c1-39(2,3)57-38(49)41-21-29(48)22-42-58(50,51)34-20-19-33(40)35(37-43-44-45-47(37)25-28-11-17-32(56-6)18-12-28)36(34)59(52,53)46(23-26-7-13-30(54-4)14-8-26)24-27-9-15-31(55-5)16-10-27/h7-20,29,42,48H,21-25H2,1-6H3,(H,41,49)/t29-/m1/s1. The molecule has 316 valence electrons. The van der Waals surface area contributed by atoms with E-state index in [9.17, 15) is 18.3 Å². The van der Waals surface area contributed by atoms with E-state index in [0.717, 1.165) is 5.56 Å². The van der Waals surface area contributed by atoms with Crippen molar-refractivity contribution in [3.05, 3.63) is 105 Å². The molecule has 0 aliphatic carbocycles. The number of nitrogens with zero attached hydrogens (tertiary/aromatic N) is 5. The number of tetrazole rings is 1. The number of alkyl carbamates (subject to hydrolysis) is 1. The second-order valence-electron chi connectivity index (χ2n) is 14.1. The number of hydrogen-bond donors (Lipinski definition) is 3. The van der Waals surface area contributed by atoms with Crippen molar-refractivity contribution in [2.45, 2.75) is 61.9 Å². The predicted octanol–water partition coefficient (Wildman–Crippen LogP) is 4.57. The van der Waals surface area contributed by atoms with Gasteiger partial charge in [0.2, 0.25) is 20.0 Å². The zero-order valence-corrected chi connectivity index (χ0v) is 37.0.